The van der Waals surface area contributed by atoms with Crippen LogP contribution in [0.1, 0.15) is 57.6 Å². The van der Waals surface area contributed by atoms with Crippen molar-refractivity contribution >= 4 is 17.0 Å². The molecule has 0 atom stereocenters. The van der Waals surface area contributed by atoms with E-state index in [0.717, 1.165) is 60.3 Å². The Morgan fingerprint density at radius 3 is 2.40 bits per heavy atom. The Morgan fingerprint density at radius 1 is 1.13 bits per heavy atom. The van der Waals surface area contributed by atoms with Gasteiger partial charge in [-0.15, -0.1) is 0 Å². The van der Waals surface area contributed by atoms with Crippen LogP contribution in [-0.4, -0.2) is 53.6 Å². The third-order valence-electron chi connectivity index (χ3n) is 5.87. The van der Waals surface area contributed by atoms with Gasteiger partial charge in [-0.1, -0.05) is 0 Å². The number of piperidine rings is 1. The lowest BCUT2D eigenvalue weighted by molar-refractivity contribution is -0.00418. The number of aryl methyl sites for hydroxylation is 1. The Balaban J connectivity index is 1.57. The topological polar surface area (TPSA) is 52.9 Å². The summed E-state index contributed by atoms with van der Waals surface area (Å²) in [5.41, 5.74) is 2.48. The molecule has 0 unspecified atom stereocenters. The molecule has 164 valence electrons. The zero-order valence-electron chi connectivity index (χ0n) is 18.9. The number of rotatable bonds is 5. The largest absolute Gasteiger partial charge is 0.496 e. The van der Waals surface area contributed by atoms with Crippen LogP contribution in [0.15, 0.2) is 18.3 Å². The summed E-state index contributed by atoms with van der Waals surface area (Å²) in [6.07, 6.45) is 6.99. The van der Waals surface area contributed by atoms with Gasteiger partial charge in [-0.25, -0.2) is 4.79 Å². The molecule has 2 aromatic rings. The van der Waals surface area contributed by atoms with Crippen LogP contribution in [0, 0.1) is 6.92 Å². The maximum absolute atomic E-state index is 12.8. The molecule has 1 aliphatic carbocycles. The Hall–Kier alpha value is -2.05. The lowest BCUT2D eigenvalue weighted by Crippen LogP contribution is -2.37. The highest BCUT2D eigenvalue weighted by molar-refractivity contribution is 5.95. The van der Waals surface area contributed by atoms with E-state index in [9.17, 15) is 4.79 Å². The molecule has 6 nitrogen and oxygen atoms in total. The molecule has 1 saturated heterocycles. The first-order valence-corrected chi connectivity index (χ1v) is 11.0. The molecule has 6 heteroatoms. The summed E-state index contributed by atoms with van der Waals surface area (Å²) in [6.45, 7) is 10.5. The number of benzene rings is 1. The molecule has 30 heavy (non-hydrogen) atoms. The standard InChI is InChI=1S/C24H34N2O4/c1-16-14-21(28-5)20(15-25-11-8-18(9-12-25)29-17-6-7-17)19-10-13-26(22(16)19)23(27)30-24(2,3)4/h10,13-14,17-18H,6-9,11-12,15H2,1-5H3. The highest BCUT2D eigenvalue weighted by atomic mass is 16.6. The van der Waals surface area contributed by atoms with Crippen molar-refractivity contribution in [2.24, 2.45) is 0 Å². The van der Waals surface area contributed by atoms with E-state index in [4.69, 9.17) is 14.2 Å². The maximum atomic E-state index is 12.8. The van der Waals surface area contributed by atoms with Gasteiger partial charge in [0.05, 0.1) is 24.8 Å². The fourth-order valence-electron chi connectivity index (χ4n) is 4.27. The number of fused-ring (bicyclic) bond motifs is 1. The van der Waals surface area contributed by atoms with Gasteiger partial charge in [0.1, 0.15) is 11.4 Å². The highest BCUT2D eigenvalue weighted by Crippen LogP contribution is 2.34. The molecule has 0 bridgehead atoms. The van der Waals surface area contributed by atoms with E-state index >= 15 is 0 Å². The van der Waals surface area contributed by atoms with Crippen LogP contribution >= 0.6 is 0 Å². The number of hydrogen-bond donors (Lipinski definition) is 0. The van der Waals surface area contributed by atoms with Crippen molar-refractivity contribution in [3.63, 3.8) is 0 Å². The van der Waals surface area contributed by atoms with Gasteiger partial charge in [-0.2, -0.15) is 0 Å². The fraction of sp³-hybridized carbons (Fsp3) is 0.625. The summed E-state index contributed by atoms with van der Waals surface area (Å²) in [4.78, 5) is 15.2. The van der Waals surface area contributed by atoms with Crippen molar-refractivity contribution in [3.8, 4) is 5.75 Å². The lowest BCUT2D eigenvalue weighted by Gasteiger charge is -2.32. The van der Waals surface area contributed by atoms with Crippen LogP contribution in [0.4, 0.5) is 4.79 Å². The van der Waals surface area contributed by atoms with Crippen molar-refractivity contribution in [1.82, 2.24) is 9.47 Å². The Morgan fingerprint density at radius 2 is 1.80 bits per heavy atom. The minimum absolute atomic E-state index is 0.352. The predicted molar refractivity (Wildman–Crippen MR) is 117 cm³/mol. The van der Waals surface area contributed by atoms with Crippen LogP contribution in [-0.2, 0) is 16.0 Å². The molecular formula is C24H34N2O4. The fourth-order valence-corrected chi connectivity index (χ4v) is 4.27. The van der Waals surface area contributed by atoms with Crippen molar-refractivity contribution in [3.05, 3.63) is 29.5 Å². The van der Waals surface area contributed by atoms with E-state index < -0.39 is 5.60 Å². The van der Waals surface area contributed by atoms with Crippen molar-refractivity contribution in [2.75, 3.05) is 20.2 Å². The second kappa shape index (κ2) is 8.23. The molecule has 0 N–H and O–H groups in total. The van der Waals surface area contributed by atoms with Crippen molar-refractivity contribution in [1.29, 1.82) is 0 Å². The van der Waals surface area contributed by atoms with Crippen molar-refractivity contribution < 1.29 is 19.0 Å². The second-order valence-electron chi connectivity index (χ2n) is 9.61. The molecule has 4 rings (SSSR count). The zero-order valence-corrected chi connectivity index (χ0v) is 18.9. The summed E-state index contributed by atoms with van der Waals surface area (Å²) in [6, 6.07) is 4.04. The summed E-state index contributed by atoms with van der Waals surface area (Å²) < 4.78 is 19.1. The third kappa shape index (κ3) is 4.65. The zero-order chi connectivity index (χ0) is 21.5. The van der Waals surface area contributed by atoms with Gasteiger partial charge < -0.3 is 14.2 Å². The number of nitrogens with zero attached hydrogens (tertiary/aromatic N) is 2. The van der Waals surface area contributed by atoms with E-state index in [-0.39, 0.29) is 6.09 Å². The molecule has 1 saturated carbocycles. The lowest BCUT2D eigenvalue weighted by atomic mass is 10.0. The average molecular weight is 415 g/mol. The summed E-state index contributed by atoms with van der Waals surface area (Å²) in [7, 11) is 1.71. The number of carbonyl (C=O) groups is 1. The van der Waals surface area contributed by atoms with Crippen LogP contribution in [0.2, 0.25) is 0 Å². The maximum Gasteiger partial charge on any atom is 0.419 e. The number of carbonyl (C=O) groups excluding carboxylic acids is 1. The van der Waals surface area contributed by atoms with E-state index in [1.54, 1.807) is 11.7 Å². The number of aromatic nitrogens is 1. The number of likely N-dealkylation sites (tertiary alicyclic amines) is 1. The van der Waals surface area contributed by atoms with E-state index in [1.807, 2.05) is 46.0 Å². The normalized spacial score (nSPS) is 18.7. The van der Waals surface area contributed by atoms with E-state index in [0.29, 0.717) is 12.2 Å². The monoisotopic (exact) mass is 414 g/mol. The molecule has 2 aliphatic rings. The van der Waals surface area contributed by atoms with Crippen LogP contribution < -0.4 is 4.74 Å². The molecule has 0 amide bonds. The smallest absolute Gasteiger partial charge is 0.419 e. The number of hydrogen-bond acceptors (Lipinski definition) is 5. The van der Waals surface area contributed by atoms with Crippen LogP contribution in [0.5, 0.6) is 5.75 Å². The molecule has 1 aromatic carbocycles. The van der Waals surface area contributed by atoms with Crippen LogP contribution in [0.3, 0.4) is 0 Å². The third-order valence-corrected chi connectivity index (χ3v) is 5.87. The van der Waals surface area contributed by atoms with Crippen LogP contribution in [0.25, 0.3) is 10.9 Å². The highest BCUT2D eigenvalue weighted by Gasteiger charge is 2.29. The van der Waals surface area contributed by atoms with Gasteiger partial charge in [0, 0.05) is 36.8 Å². The molecule has 2 fully saturated rings. The Kier molecular flexibility index (Phi) is 5.82. The molecule has 1 aliphatic heterocycles. The molecule has 1 aromatic heterocycles. The minimum Gasteiger partial charge on any atom is -0.496 e. The Labute approximate surface area is 179 Å². The van der Waals surface area contributed by atoms with Gasteiger partial charge in [-0.05, 0) is 71.1 Å². The van der Waals surface area contributed by atoms with E-state index in [2.05, 4.69) is 4.90 Å². The first-order valence-electron chi connectivity index (χ1n) is 11.0. The SMILES string of the molecule is COc1cc(C)c2c(ccn2C(=O)OC(C)(C)C)c1CN1CCC(OC2CC2)CC1. The van der Waals surface area contributed by atoms with Gasteiger partial charge in [0.2, 0.25) is 0 Å². The predicted octanol–water partition coefficient (Wildman–Crippen LogP) is 4.88. The average Bonchev–Trinajstić information content (AvgIpc) is 3.37. The number of ether oxygens (including phenoxy) is 3. The van der Waals surface area contributed by atoms with E-state index in [1.165, 1.54) is 12.8 Å². The minimum atomic E-state index is -0.538. The first kappa shape index (κ1) is 21.2. The molecular weight excluding hydrogens is 380 g/mol. The Bertz CT molecular complexity index is 915. The van der Waals surface area contributed by atoms with Gasteiger partial charge in [-0.3, -0.25) is 9.47 Å². The second-order valence-corrected chi connectivity index (χ2v) is 9.61. The molecule has 2 heterocycles. The van der Waals surface area contributed by atoms with Gasteiger partial charge >= 0.3 is 6.09 Å². The first-order chi connectivity index (χ1) is 14.2. The quantitative estimate of drug-likeness (QED) is 0.698. The van der Waals surface area contributed by atoms with Gasteiger partial charge in [0.15, 0.2) is 0 Å². The summed E-state index contributed by atoms with van der Waals surface area (Å²) in [5.74, 6) is 0.873. The molecule has 0 radical (unpaired) electrons. The summed E-state index contributed by atoms with van der Waals surface area (Å²) >= 11 is 0. The molecule has 0 spiro atoms. The van der Waals surface area contributed by atoms with Crippen molar-refractivity contribution in [2.45, 2.75) is 77.7 Å². The number of methoxy groups -OCH3 is 1. The summed E-state index contributed by atoms with van der Waals surface area (Å²) in [5, 5.41) is 1.05. The van der Waals surface area contributed by atoms with Gasteiger partial charge in [0.25, 0.3) is 0 Å².